The van der Waals surface area contributed by atoms with E-state index in [4.69, 9.17) is 10.5 Å². The molecule has 1 aliphatic carbocycles. The van der Waals surface area contributed by atoms with Gasteiger partial charge in [-0.3, -0.25) is 4.68 Å². The molecule has 0 unspecified atom stereocenters. The van der Waals surface area contributed by atoms with E-state index in [9.17, 15) is 0 Å². The summed E-state index contributed by atoms with van der Waals surface area (Å²) in [5.74, 6) is 2.44. The van der Waals surface area contributed by atoms with Crippen molar-refractivity contribution in [3.63, 3.8) is 0 Å². The molecule has 108 valence electrons. The molecule has 0 aliphatic heterocycles. The quantitative estimate of drug-likeness (QED) is 0.883. The molecule has 1 heterocycles. The summed E-state index contributed by atoms with van der Waals surface area (Å²) in [6, 6.07) is 0. The zero-order chi connectivity index (χ0) is 13.9. The number of hydrogen-bond donors (Lipinski definition) is 1. The molecule has 1 aliphatic rings. The Bertz CT molecular complexity index is 394. The maximum absolute atomic E-state index is 6.12. The van der Waals surface area contributed by atoms with Crippen LogP contribution in [0.15, 0.2) is 6.33 Å². The lowest BCUT2D eigenvalue weighted by molar-refractivity contribution is -0.0868. The van der Waals surface area contributed by atoms with Crippen LogP contribution in [0.4, 0.5) is 0 Å². The van der Waals surface area contributed by atoms with Crippen molar-refractivity contribution in [3.8, 4) is 0 Å². The van der Waals surface area contributed by atoms with Crippen molar-refractivity contribution in [1.82, 2.24) is 14.8 Å². The monoisotopic (exact) mass is 266 g/mol. The molecule has 5 heteroatoms. The smallest absolute Gasteiger partial charge is 0.152 e. The van der Waals surface area contributed by atoms with Crippen molar-refractivity contribution in [2.24, 2.45) is 24.6 Å². The lowest BCUT2D eigenvalue weighted by Gasteiger charge is -2.40. The predicted molar refractivity (Wildman–Crippen MR) is 74.4 cm³/mol. The van der Waals surface area contributed by atoms with E-state index in [-0.39, 0.29) is 5.60 Å². The van der Waals surface area contributed by atoms with Crippen molar-refractivity contribution in [3.05, 3.63) is 12.2 Å². The predicted octanol–water partition coefficient (Wildman–Crippen LogP) is 1.88. The summed E-state index contributed by atoms with van der Waals surface area (Å²) in [6.07, 6.45) is 6.11. The van der Waals surface area contributed by atoms with E-state index in [1.165, 1.54) is 12.8 Å². The van der Waals surface area contributed by atoms with E-state index in [2.05, 4.69) is 23.9 Å². The number of nitrogens with two attached hydrogens (primary N) is 1. The molecule has 1 saturated carbocycles. The van der Waals surface area contributed by atoms with Crippen LogP contribution in [0.25, 0.3) is 0 Å². The lowest BCUT2D eigenvalue weighted by atomic mass is 9.74. The minimum atomic E-state index is -0.155. The summed E-state index contributed by atoms with van der Waals surface area (Å²) < 4.78 is 7.88. The minimum Gasteiger partial charge on any atom is -0.366 e. The van der Waals surface area contributed by atoms with E-state index < -0.39 is 0 Å². The fourth-order valence-corrected chi connectivity index (χ4v) is 2.91. The molecule has 5 nitrogen and oxygen atoms in total. The molecule has 0 amide bonds. The highest BCUT2D eigenvalue weighted by molar-refractivity contribution is 4.90. The van der Waals surface area contributed by atoms with E-state index in [0.29, 0.717) is 13.2 Å². The molecule has 1 fully saturated rings. The summed E-state index contributed by atoms with van der Waals surface area (Å²) in [5, 5.41) is 4.06. The summed E-state index contributed by atoms with van der Waals surface area (Å²) in [6.45, 7) is 5.71. The molecule has 2 N–H and O–H groups in total. The van der Waals surface area contributed by atoms with Crippen LogP contribution in [0.5, 0.6) is 0 Å². The van der Waals surface area contributed by atoms with E-state index in [1.54, 1.807) is 11.0 Å². The number of hydrogen-bond acceptors (Lipinski definition) is 4. The Morgan fingerprint density at radius 3 is 2.63 bits per heavy atom. The first-order valence-corrected chi connectivity index (χ1v) is 7.23. The molecule has 19 heavy (non-hydrogen) atoms. The third kappa shape index (κ3) is 3.34. The van der Waals surface area contributed by atoms with Gasteiger partial charge in [-0.2, -0.15) is 5.10 Å². The zero-order valence-electron chi connectivity index (χ0n) is 12.3. The number of ether oxygens (including phenoxy) is 1. The molecular formula is C14H26N4O. The number of aromatic nitrogens is 3. The number of aryl methyl sites for hydroxylation is 1. The van der Waals surface area contributed by atoms with E-state index in [1.807, 2.05) is 7.05 Å². The third-order valence-electron chi connectivity index (χ3n) is 4.57. The van der Waals surface area contributed by atoms with Crippen LogP contribution in [0.2, 0.25) is 0 Å². The van der Waals surface area contributed by atoms with Crippen LogP contribution in [0.3, 0.4) is 0 Å². The second kappa shape index (κ2) is 6.01. The molecule has 1 aromatic rings. The van der Waals surface area contributed by atoms with Gasteiger partial charge in [-0.1, -0.05) is 13.8 Å². The van der Waals surface area contributed by atoms with Crippen molar-refractivity contribution >= 4 is 0 Å². The van der Waals surface area contributed by atoms with Crippen LogP contribution < -0.4 is 5.73 Å². The summed E-state index contributed by atoms with van der Waals surface area (Å²) in [4.78, 5) is 4.19. The second-order valence-corrected chi connectivity index (χ2v) is 6.06. The highest BCUT2D eigenvalue weighted by Gasteiger charge is 2.36. The van der Waals surface area contributed by atoms with Gasteiger partial charge in [0.1, 0.15) is 12.9 Å². The Labute approximate surface area is 115 Å². The van der Waals surface area contributed by atoms with Gasteiger partial charge in [-0.05, 0) is 37.5 Å². The normalized spacial score (nSPS) is 27.9. The molecule has 2 rings (SSSR count). The Morgan fingerprint density at radius 2 is 2.16 bits per heavy atom. The maximum Gasteiger partial charge on any atom is 0.152 e. The van der Waals surface area contributed by atoms with Crippen LogP contribution in [-0.2, 0) is 18.4 Å². The average Bonchev–Trinajstić information content (AvgIpc) is 2.82. The van der Waals surface area contributed by atoms with Gasteiger partial charge in [0.05, 0.1) is 5.60 Å². The average molecular weight is 266 g/mol. The van der Waals surface area contributed by atoms with Gasteiger partial charge >= 0.3 is 0 Å². The van der Waals surface area contributed by atoms with Crippen molar-refractivity contribution in [2.45, 2.75) is 51.7 Å². The van der Waals surface area contributed by atoms with Crippen LogP contribution in [-0.4, -0.2) is 26.9 Å². The van der Waals surface area contributed by atoms with E-state index >= 15 is 0 Å². The zero-order valence-corrected chi connectivity index (χ0v) is 12.3. The molecule has 0 radical (unpaired) electrons. The number of nitrogens with zero attached hydrogens (tertiary/aromatic N) is 3. The summed E-state index contributed by atoms with van der Waals surface area (Å²) in [5.41, 5.74) is 5.81. The first-order valence-electron chi connectivity index (χ1n) is 7.23. The van der Waals surface area contributed by atoms with Gasteiger partial charge in [0.15, 0.2) is 5.82 Å². The fourth-order valence-electron chi connectivity index (χ4n) is 2.91. The largest absolute Gasteiger partial charge is 0.366 e. The van der Waals surface area contributed by atoms with Crippen LogP contribution >= 0.6 is 0 Å². The van der Waals surface area contributed by atoms with Crippen molar-refractivity contribution in [1.29, 1.82) is 0 Å². The topological polar surface area (TPSA) is 66.0 Å². The Hall–Kier alpha value is -0.940. The highest BCUT2D eigenvalue weighted by Crippen LogP contribution is 2.37. The van der Waals surface area contributed by atoms with Gasteiger partial charge < -0.3 is 10.5 Å². The third-order valence-corrected chi connectivity index (χ3v) is 4.57. The Balaban J connectivity index is 1.91. The molecule has 0 bridgehead atoms. The standard InChI is InChI=1S/C14H26N4O/c1-11(2)12-4-6-14(9-15,7-5-12)19-8-13-16-10-17-18(13)3/h10-12H,4-9,15H2,1-3H3. The molecule has 1 aromatic heterocycles. The van der Waals surface area contributed by atoms with Gasteiger partial charge in [-0.15, -0.1) is 0 Å². The molecule has 0 saturated heterocycles. The second-order valence-electron chi connectivity index (χ2n) is 6.06. The van der Waals surface area contributed by atoms with Gasteiger partial charge in [-0.25, -0.2) is 4.98 Å². The molecule has 0 atom stereocenters. The SMILES string of the molecule is CC(C)C1CCC(CN)(OCc2ncnn2C)CC1. The van der Waals surface area contributed by atoms with Gasteiger partial charge in [0.2, 0.25) is 0 Å². The first kappa shape index (κ1) is 14.5. The first-order chi connectivity index (χ1) is 9.06. The molecular weight excluding hydrogens is 240 g/mol. The van der Waals surface area contributed by atoms with Crippen LogP contribution in [0, 0.1) is 11.8 Å². The highest BCUT2D eigenvalue weighted by atomic mass is 16.5. The van der Waals surface area contributed by atoms with Crippen molar-refractivity contribution in [2.75, 3.05) is 6.54 Å². The van der Waals surface area contributed by atoms with Gasteiger partial charge in [0.25, 0.3) is 0 Å². The van der Waals surface area contributed by atoms with Gasteiger partial charge in [0, 0.05) is 13.6 Å². The summed E-state index contributed by atoms with van der Waals surface area (Å²) in [7, 11) is 1.89. The van der Waals surface area contributed by atoms with Crippen LogP contribution in [0.1, 0.15) is 45.4 Å². The van der Waals surface area contributed by atoms with E-state index in [0.717, 1.165) is 30.5 Å². The van der Waals surface area contributed by atoms with Crippen molar-refractivity contribution < 1.29 is 4.74 Å². The molecule has 0 spiro atoms. The maximum atomic E-state index is 6.12. The fraction of sp³-hybridized carbons (Fsp3) is 0.857. The Morgan fingerprint density at radius 1 is 1.47 bits per heavy atom. The minimum absolute atomic E-state index is 0.155. The summed E-state index contributed by atoms with van der Waals surface area (Å²) >= 11 is 0. The number of rotatable bonds is 5. The lowest BCUT2D eigenvalue weighted by Crippen LogP contribution is -2.44. The Kier molecular flexibility index (Phi) is 4.58. The molecule has 0 aromatic carbocycles.